The van der Waals surface area contributed by atoms with Gasteiger partial charge in [0.05, 0.1) is 11.9 Å². The predicted molar refractivity (Wildman–Crippen MR) is 87.3 cm³/mol. The molecule has 0 aliphatic rings. The molecule has 4 heteroatoms. The average Bonchev–Trinajstić information content (AvgIpc) is 2.37. The maximum Gasteiger partial charge on any atom is 0.129 e. The fraction of sp³-hybridized carbons (Fsp3) is 0.250. The lowest BCUT2D eigenvalue weighted by atomic mass is 9.99. The minimum absolute atomic E-state index is 0.182. The summed E-state index contributed by atoms with van der Waals surface area (Å²) in [5.41, 5.74) is 3.73. The van der Waals surface area contributed by atoms with Crippen LogP contribution in [0.15, 0.2) is 34.8 Å². The summed E-state index contributed by atoms with van der Waals surface area (Å²) in [6.07, 6.45) is 0. The minimum Gasteiger partial charge on any atom is -0.496 e. The molecule has 1 nitrogen and oxygen atoms in total. The zero-order valence-corrected chi connectivity index (χ0v) is 14.7. The molecule has 0 fully saturated rings. The number of methoxy groups -OCH3 is 1. The van der Waals surface area contributed by atoms with Crippen molar-refractivity contribution < 1.29 is 9.13 Å². The van der Waals surface area contributed by atoms with Crippen molar-refractivity contribution >= 4 is 31.9 Å². The van der Waals surface area contributed by atoms with E-state index in [9.17, 15) is 4.39 Å². The van der Waals surface area contributed by atoms with E-state index in [2.05, 4.69) is 31.9 Å². The Morgan fingerprint density at radius 2 is 1.70 bits per heavy atom. The first kappa shape index (κ1) is 15.5. The molecule has 1 unspecified atom stereocenters. The summed E-state index contributed by atoms with van der Waals surface area (Å²) >= 11 is 6.86. The monoisotopic (exact) mass is 400 g/mol. The smallest absolute Gasteiger partial charge is 0.129 e. The fourth-order valence-electron chi connectivity index (χ4n) is 2.34. The van der Waals surface area contributed by atoms with Crippen molar-refractivity contribution in [1.82, 2.24) is 0 Å². The first-order chi connectivity index (χ1) is 9.43. The highest BCUT2D eigenvalue weighted by molar-refractivity contribution is 9.10. The Kier molecular flexibility index (Phi) is 4.86. The normalized spacial score (nSPS) is 12.3. The number of hydrogen-bond acceptors (Lipinski definition) is 1. The highest BCUT2D eigenvalue weighted by Crippen LogP contribution is 2.36. The van der Waals surface area contributed by atoms with E-state index in [1.165, 1.54) is 6.07 Å². The van der Waals surface area contributed by atoms with Gasteiger partial charge in [-0.1, -0.05) is 50.1 Å². The molecule has 106 valence electrons. The zero-order chi connectivity index (χ0) is 14.9. The molecule has 2 aromatic carbocycles. The third-order valence-corrected chi connectivity index (χ3v) is 4.73. The molecule has 2 rings (SSSR count). The van der Waals surface area contributed by atoms with Crippen molar-refractivity contribution in [2.45, 2.75) is 18.7 Å². The molecule has 1 atom stereocenters. The van der Waals surface area contributed by atoms with Crippen LogP contribution in [0.5, 0.6) is 5.75 Å². The number of rotatable bonds is 3. The average molecular weight is 402 g/mol. The predicted octanol–water partition coefficient (Wildman–Crippen LogP) is 5.70. The van der Waals surface area contributed by atoms with Crippen LogP contribution in [0.4, 0.5) is 4.39 Å². The summed E-state index contributed by atoms with van der Waals surface area (Å²) in [5.74, 6) is 0.650. The van der Waals surface area contributed by atoms with Crippen LogP contribution in [0.1, 0.15) is 27.1 Å². The van der Waals surface area contributed by atoms with E-state index in [1.807, 2.05) is 32.0 Å². The van der Waals surface area contributed by atoms with Gasteiger partial charge in [0.1, 0.15) is 11.6 Å². The van der Waals surface area contributed by atoms with Crippen LogP contribution in [-0.4, -0.2) is 7.11 Å². The summed E-state index contributed by atoms with van der Waals surface area (Å²) in [6.45, 7) is 3.99. The highest BCUT2D eigenvalue weighted by Gasteiger charge is 2.17. The Balaban J connectivity index is 2.45. The summed E-state index contributed by atoms with van der Waals surface area (Å²) in [6, 6.07) is 9.15. The van der Waals surface area contributed by atoms with Gasteiger partial charge in [0.25, 0.3) is 0 Å². The van der Waals surface area contributed by atoms with Crippen molar-refractivity contribution in [1.29, 1.82) is 0 Å². The van der Waals surface area contributed by atoms with Crippen molar-refractivity contribution in [2.24, 2.45) is 0 Å². The molecule has 0 aromatic heterocycles. The quantitative estimate of drug-likeness (QED) is 0.599. The zero-order valence-electron chi connectivity index (χ0n) is 11.5. The second kappa shape index (κ2) is 6.27. The van der Waals surface area contributed by atoms with E-state index in [-0.39, 0.29) is 10.6 Å². The first-order valence-corrected chi connectivity index (χ1v) is 7.89. The van der Waals surface area contributed by atoms with Crippen LogP contribution in [-0.2, 0) is 0 Å². The third kappa shape index (κ3) is 3.07. The topological polar surface area (TPSA) is 9.23 Å². The molecule has 0 saturated carbocycles. The van der Waals surface area contributed by atoms with Gasteiger partial charge in [-0.05, 0) is 42.7 Å². The van der Waals surface area contributed by atoms with Gasteiger partial charge in [-0.15, -0.1) is 0 Å². The SMILES string of the molecule is COc1c(C)cc(C(Br)c2ccc(Br)cc2F)cc1C. The van der Waals surface area contributed by atoms with E-state index >= 15 is 0 Å². The second-order valence-electron chi connectivity index (χ2n) is 4.72. The number of hydrogen-bond donors (Lipinski definition) is 0. The largest absolute Gasteiger partial charge is 0.496 e. The maximum absolute atomic E-state index is 14.0. The Labute approximate surface area is 135 Å². The number of halogens is 3. The minimum atomic E-state index is -0.229. The van der Waals surface area contributed by atoms with Crippen molar-refractivity contribution in [2.75, 3.05) is 7.11 Å². The molecular formula is C16H15Br2FO. The summed E-state index contributed by atoms with van der Waals surface area (Å²) in [5, 5.41) is 0. The Hall–Kier alpha value is -0.870. The van der Waals surface area contributed by atoms with Gasteiger partial charge >= 0.3 is 0 Å². The van der Waals surface area contributed by atoms with E-state index in [0.717, 1.165) is 26.9 Å². The molecule has 0 amide bonds. The van der Waals surface area contributed by atoms with Gasteiger partial charge in [-0.25, -0.2) is 4.39 Å². The van der Waals surface area contributed by atoms with Crippen LogP contribution in [0.2, 0.25) is 0 Å². The molecule has 0 heterocycles. The van der Waals surface area contributed by atoms with Gasteiger partial charge < -0.3 is 4.74 Å². The summed E-state index contributed by atoms with van der Waals surface area (Å²) in [4.78, 5) is -0.182. The highest BCUT2D eigenvalue weighted by atomic mass is 79.9. The van der Waals surface area contributed by atoms with E-state index in [1.54, 1.807) is 13.2 Å². The molecule has 0 aliphatic carbocycles. The lowest BCUT2D eigenvalue weighted by Crippen LogP contribution is -2.00. The fourth-order valence-corrected chi connectivity index (χ4v) is 3.31. The molecule has 20 heavy (non-hydrogen) atoms. The number of ether oxygens (including phenoxy) is 1. The second-order valence-corrected chi connectivity index (χ2v) is 6.55. The van der Waals surface area contributed by atoms with E-state index in [4.69, 9.17) is 4.74 Å². The molecule has 0 saturated heterocycles. The van der Waals surface area contributed by atoms with Crippen LogP contribution in [0.25, 0.3) is 0 Å². The Bertz CT molecular complexity index is 617. The number of benzene rings is 2. The van der Waals surface area contributed by atoms with Crippen LogP contribution in [0, 0.1) is 19.7 Å². The summed E-state index contributed by atoms with van der Waals surface area (Å²) in [7, 11) is 1.66. The molecule has 0 bridgehead atoms. The Morgan fingerprint density at radius 1 is 1.10 bits per heavy atom. The molecule has 2 aromatic rings. The van der Waals surface area contributed by atoms with Gasteiger partial charge in [0.15, 0.2) is 0 Å². The van der Waals surface area contributed by atoms with Gasteiger partial charge in [0, 0.05) is 10.0 Å². The van der Waals surface area contributed by atoms with Crippen molar-refractivity contribution in [3.63, 3.8) is 0 Å². The van der Waals surface area contributed by atoms with Crippen LogP contribution in [0.3, 0.4) is 0 Å². The first-order valence-electron chi connectivity index (χ1n) is 6.18. The van der Waals surface area contributed by atoms with Crippen molar-refractivity contribution in [3.8, 4) is 5.75 Å². The lowest BCUT2D eigenvalue weighted by Gasteiger charge is -2.16. The molecular weight excluding hydrogens is 387 g/mol. The number of aryl methyl sites for hydroxylation is 2. The standard InChI is InChI=1S/C16H15Br2FO/c1-9-6-11(7-10(2)16(9)20-3)15(18)13-5-4-12(17)8-14(13)19/h4-8,15H,1-3H3. The van der Waals surface area contributed by atoms with E-state index in [0.29, 0.717) is 5.56 Å². The van der Waals surface area contributed by atoms with Gasteiger partial charge in [-0.3, -0.25) is 0 Å². The Morgan fingerprint density at radius 3 is 2.20 bits per heavy atom. The lowest BCUT2D eigenvalue weighted by molar-refractivity contribution is 0.408. The van der Waals surface area contributed by atoms with Gasteiger partial charge in [-0.2, -0.15) is 0 Å². The van der Waals surface area contributed by atoms with Crippen molar-refractivity contribution in [3.05, 3.63) is 62.9 Å². The molecule has 0 aliphatic heterocycles. The van der Waals surface area contributed by atoms with Gasteiger partial charge in [0.2, 0.25) is 0 Å². The molecule has 0 spiro atoms. The van der Waals surface area contributed by atoms with Crippen LogP contribution < -0.4 is 4.74 Å². The van der Waals surface area contributed by atoms with E-state index < -0.39 is 0 Å². The number of alkyl halides is 1. The third-order valence-electron chi connectivity index (χ3n) is 3.21. The van der Waals surface area contributed by atoms with Crippen LogP contribution >= 0.6 is 31.9 Å². The summed E-state index contributed by atoms with van der Waals surface area (Å²) < 4.78 is 20.1. The molecule has 0 N–H and O–H groups in total. The molecule has 0 radical (unpaired) electrons. The maximum atomic E-state index is 14.0.